The lowest BCUT2D eigenvalue weighted by Crippen LogP contribution is -2.36. The van der Waals surface area contributed by atoms with Gasteiger partial charge in [0.15, 0.2) is 0 Å². The Labute approximate surface area is 381 Å². The van der Waals surface area contributed by atoms with Crippen molar-refractivity contribution in [3.63, 3.8) is 0 Å². The number of rotatable bonds is 43. The number of esters is 4. The summed E-state index contributed by atoms with van der Waals surface area (Å²) in [7, 11) is 0. The second kappa shape index (κ2) is 42.4. The van der Waals surface area contributed by atoms with Crippen LogP contribution in [0.2, 0.25) is 0 Å². The molecular formula is C49H90N2O12. The van der Waals surface area contributed by atoms with E-state index >= 15 is 0 Å². The summed E-state index contributed by atoms with van der Waals surface area (Å²) in [6, 6.07) is 0. The average molecular weight is 899 g/mol. The minimum Gasteiger partial charge on any atom is -0.466 e. The van der Waals surface area contributed by atoms with Gasteiger partial charge in [0, 0.05) is 13.1 Å². The summed E-state index contributed by atoms with van der Waals surface area (Å²) in [5, 5.41) is 5.68. The molecule has 0 saturated heterocycles. The number of alkyl carbamates (subject to hydrolysis) is 2. The van der Waals surface area contributed by atoms with Crippen molar-refractivity contribution in [3.8, 4) is 0 Å². The van der Waals surface area contributed by atoms with E-state index in [2.05, 4.69) is 45.3 Å². The molecule has 0 aromatic rings. The molecule has 0 bridgehead atoms. The topological polar surface area (TPSA) is 182 Å². The fraction of sp³-hybridized carbons (Fsp3) is 0.878. The molecule has 0 aromatic heterocycles. The first-order valence-electron chi connectivity index (χ1n) is 24.8. The highest BCUT2D eigenvalue weighted by Crippen LogP contribution is 2.26. The van der Waals surface area contributed by atoms with E-state index < -0.39 is 24.1 Å². The third-order valence-corrected chi connectivity index (χ3v) is 10.7. The Morgan fingerprint density at radius 2 is 0.698 bits per heavy atom. The molecule has 14 heteroatoms. The van der Waals surface area contributed by atoms with Gasteiger partial charge in [-0.2, -0.15) is 0 Å². The molecule has 2 amide bonds. The molecule has 368 valence electrons. The van der Waals surface area contributed by atoms with Crippen molar-refractivity contribution in [2.75, 3.05) is 52.7 Å². The molecule has 0 aliphatic rings. The maximum absolute atomic E-state index is 12.3. The molecule has 0 saturated carbocycles. The fourth-order valence-corrected chi connectivity index (χ4v) is 6.96. The zero-order valence-electron chi connectivity index (χ0n) is 40.4. The van der Waals surface area contributed by atoms with Crippen molar-refractivity contribution in [1.29, 1.82) is 0 Å². The first kappa shape index (κ1) is 59.4. The zero-order valence-corrected chi connectivity index (χ0v) is 40.4. The van der Waals surface area contributed by atoms with Gasteiger partial charge in [-0.3, -0.25) is 19.2 Å². The van der Waals surface area contributed by atoms with Crippen molar-refractivity contribution in [2.45, 2.75) is 214 Å². The number of hydrogen-bond donors (Lipinski definition) is 2. The number of ether oxygens (including phenoxy) is 6. The minimum atomic E-state index is -0.446. The van der Waals surface area contributed by atoms with Crippen molar-refractivity contribution < 1.29 is 57.2 Å². The van der Waals surface area contributed by atoms with Gasteiger partial charge in [0.25, 0.3) is 0 Å². The zero-order chi connectivity index (χ0) is 46.7. The van der Waals surface area contributed by atoms with Gasteiger partial charge >= 0.3 is 36.1 Å². The molecule has 14 nitrogen and oxygen atoms in total. The van der Waals surface area contributed by atoms with Gasteiger partial charge < -0.3 is 39.1 Å². The highest BCUT2D eigenvalue weighted by Gasteiger charge is 2.22. The maximum Gasteiger partial charge on any atom is 0.407 e. The summed E-state index contributed by atoms with van der Waals surface area (Å²) in [5.41, 5.74) is -0.164. The van der Waals surface area contributed by atoms with E-state index in [1.54, 1.807) is 0 Å². The molecular weight excluding hydrogens is 809 g/mol. The van der Waals surface area contributed by atoms with Gasteiger partial charge in [0.1, 0.15) is 0 Å². The third-order valence-electron chi connectivity index (χ3n) is 10.7. The van der Waals surface area contributed by atoms with Crippen LogP contribution in [0.3, 0.4) is 0 Å². The predicted molar refractivity (Wildman–Crippen MR) is 246 cm³/mol. The van der Waals surface area contributed by atoms with Crippen LogP contribution in [-0.2, 0) is 47.6 Å². The Morgan fingerprint density at radius 1 is 0.413 bits per heavy atom. The summed E-state index contributed by atoms with van der Waals surface area (Å²) < 4.78 is 31.5. The molecule has 1 unspecified atom stereocenters. The molecule has 0 rings (SSSR count). The van der Waals surface area contributed by atoms with Crippen molar-refractivity contribution >= 4 is 36.1 Å². The maximum atomic E-state index is 12.3. The van der Waals surface area contributed by atoms with Crippen LogP contribution in [0.5, 0.6) is 0 Å². The number of nitrogens with one attached hydrogen (secondary N) is 2. The lowest BCUT2D eigenvalue weighted by atomic mass is 9.82. The molecule has 0 aliphatic carbocycles. The van der Waals surface area contributed by atoms with E-state index in [1.807, 2.05) is 0 Å². The van der Waals surface area contributed by atoms with Gasteiger partial charge in [-0.1, -0.05) is 112 Å². The summed E-state index contributed by atoms with van der Waals surface area (Å²) in [4.78, 5) is 71.9. The van der Waals surface area contributed by atoms with E-state index in [9.17, 15) is 28.8 Å². The standard InChI is InChI=1S/C49H90N2O12/c1-6-8-10-12-14-16-22-34-58-43(52)28-30-45(54)60-36-24-18-20-26-38-62-47(56)50-33-32-42(3)40-49(4,5)41-51-48(57)63-39-27-21-19-25-37-61-46(55)31-29-44(53)59-35-23-17-15-13-11-9-7-2/h42H,6-41H2,1-5H3,(H,50,56)(H,51,57). The first-order chi connectivity index (χ1) is 30.4. The largest absolute Gasteiger partial charge is 0.466 e. The Morgan fingerprint density at radius 3 is 1.03 bits per heavy atom. The Hall–Kier alpha value is -3.58. The van der Waals surface area contributed by atoms with Crippen LogP contribution in [0.1, 0.15) is 214 Å². The van der Waals surface area contributed by atoms with Gasteiger partial charge in [-0.15, -0.1) is 0 Å². The highest BCUT2D eigenvalue weighted by molar-refractivity contribution is 5.78. The molecule has 0 spiro atoms. The fourth-order valence-electron chi connectivity index (χ4n) is 6.96. The third kappa shape index (κ3) is 43.5. The van der Waals surface area contributed by atoms with Crippen LogP contribution in [0, 0.1) is 11.3 Å². The number of amides is 2. The van der Waals surface area contributed by atoms with Crippen LogP contribution in [-0.4, -0.2) is 88.8 Å². The molecule has 1 atom stereocenters. The van der Waals surface area contributed by atoms with E-state index in [0.717, 1.165) is 77.0 Å². The van der Waals surface area contributed by atoms with Crippen molar-refractivity contribution in [2.24, 2.45) is 11.3 Å². The van der Waals surface area contributed by atoms with E-state index in [1.165, 1.54) is 51.4 Å². The number of hydrogen-bond acceptors (Lipinski definition) is 12. The van der Waals surface area contributed by atoms with Crippen LogP contribution < -0.4 is 10.6 Å². The van der Waals surface area contributed by atoms with E-state index in [4.69, 9.17) is 28.4 Å². The Balaban J connectivity index is 3.72. The minimum absolute atomic E-state index is 0.0276. The number of unbranched alkanes of at least 4 members (excludes halogenated alkanes) is 18. The second-order valence-electron chi connectivity index (χ2n) is 17.8. The second-order valence-corrected chi connectivity index (χ2v) is 17.8. The van der Waals surface area contributed by atoms with Crippen LogP contribution in [0.15, 0.2) is 0 Å². The normalized spacial score (nSPS) is 11.6. The van der Waals surface area contributed by atoms with Crippen molar-refractivity contribution in [1.82, 2.24) is 10.6 Å². The van der Waals surface area contributed by atoms with Crippen LogP contribution in [0.25, 0.3) is 0 Å². The molecule has 0 fully saturated rings. The lowest BCUT2D eigenvalue weighted by Gasteiger charge is -2.28. The van der Waals surface area contributed by atoms with Gasteiger partial charge in [-0.25, -0.2) is 9.59 Å². The summed E-state index contributed by atoms with van der Waals surface area (Å²) >= 11 is 0. The van der Waals surface area contributed by atoms with Crippen molar-refractivity contribution in [3.05, 3.63) is 0 Å². The predicted octanol–water partition coefficient (Wildman–Crippen LogP) is 11.2. The van der Waals surface area contributed by atoms with E-state index in [0.29, 0.717) is 84.3 Å². The molecule has 0 aromatic carbocycles. The lowest BCUT2D eigenvalue weighted by molar-refractivity contribution is -0.150. The molecule has 63 heavy (non-hydrogen) atoms. The smallest absolute Gasteiger partial charge is 0.407 e. The van der Waals surface area contributed by atoms with E-state index in [-0.39, 0.29) is 43.0 Å². The van der Waals surface area contributed by atoms with Crippen LogP contribution in [0.4, 0.5) is 9.59 Å². The molecule has 0 radical (unpaired) electrons. The summed E-state index contributed by atoms with van der Waals surface area (Å²) in [6.45, 7) is 13.7. The van der Waals surface area contributed by atoms with Crippen LogP contribution >= 0.6 is 0 Å². The summed E-state index contributed by atoms with van der Waals surface area (Å²) in [5.74, 6) is -1.19. The Kier molecular flexibility index (Phi) is 40.0. The molecule has 0 heterocycles. The highest BCUT2D eigenvalue weighted by atomic mass is 16.6. The Bertz CT molecular complexity index is 1180. The van der Waals surface area contributed by atoms with Gasteiger partial charge in [0.05, 0.1) is 65.3 Å². The number of carbonyl (C=O) groups excluding carboxylic acids is 6. The van der Waals surface area contributed by atoms with Gasteiger partial charge in [-0.05, 0) is 88.4 Å². The first-order valence-corrected chi connectivity index (χ1v) is 24.8. The monoisotopic (exact) mass is 899 g/mol. The SMILES string of the molecule is CCCCCCCCCOC(=O)CCC(=O)OCCCCCCOC(=O)NCCC(C)CC(C)(C)CNC(=O)OCCCCCCOC(=O)CCC(=O)OCCCCCCCCC. The molecule has 2 N–H and O–H groups in total. The molecule has 0 aliphatic heterocycles. The average Bonchev–Trinajstić information content (AvgIpc) is 3.25. The van der Waals surface area contributed by atoms with Gasteiger partial charge in [0.2, 0.25) is 0 Å². The quantitative estimate of drug-likeness (QED) is 0.0336. The summed E-state index contributed by atoms with van der Waals surface area (Å²) in [6.07, 6.45) is 23.2. The number of carbonyl (C=O) groups is 6.